The molecule has 0 unspecified atom stereocenters. The summed E-state index contributed by atoms with van der Waals surface area (Å²) in [5.41, 5.74) is 2.63. The Morgan fingerprint density at radius 2 is 2.05 bits per heavy atom. The molecule has 1 aromatic carbocycles. The molecule has 1 fully saturated rings. The maximum Gasteiger partial charge on any atom is 0.319 e. The van der Waals surface area contributed by atoms with E-state index >= 15 is 0 Å². The molecule has 2 amide bonds. The van der Waals surface area contributed by atoms with Gasteiger partial charge in [0.25, 0.3) is 0 Å². The van der Waals surface area contributed by atoms with Crippen molar-refractivity contribution >= 4 is 6.03 Å². The van der Waals surface area contributed by atoms with Crippen LogP contribution in [0.25, 0.3) is 0 Å². The summed E-state index contributed by atoms with van der Waals surface area (Å²) in [5.74, 6) is 0. The van der Waals surface area contributed by atoms with Crippen molar-refractivity contribution in [3.05, 3.63) is 35.4 Å². The first-order chi connectivity index (χ1) is 9.56. The molecule has 0 aliphatic carbocycles. The molecule has 0 atom stereocenters. The Hall–Kier alpha value is -1.55. The summed E-state index contributed by atoms with van der Waals surface area (Å²) in [4.78, 5) is 15.4. The zero-order valence-electron chi connectivity index (χ0n) is 12.7. The average molecular weight is 275 g/mol. The molecule has 1 aliphatic heterocycles. The number of carbonyl (C=O) groups excluding carboxylic acids is 1. The van der Waals surface area contributed by atoms with Gasteiger partial charge in [-0.05, 0) is 25.3 Å². The fourth-order valence-corrected chi connectivity index (χ4v) is 2.64. The van der Waals surface area contributed by atoms with Crippen molar-refractivity contribution in [2.75, 3.05) is 27.2 Å². The van der Waals surface area contributed by atoms with Crippen molar-refractivity contribution in [2.45, 2.75) is 32.4 Å². The average Bonchev–Trinajstić information content (AvgIpc) is 2.45. The molecular weight excluding hydrogens is 250 g/mol. The molecule has 4 heteroatoms. The van der Waals surface area contributed by atoms with Gasteiger partial charge >= 0.3 is 6.03 Å². The lowest BCUT2D eigenvalue weighted by Gasteiger charge is -2.34. The first-order valence-corrected chi connectivity index (χ1v) is 7.31. The second kappa shape index (κ2) is 6.75. The molecule has 2 rings (SSSR count). The lowest BCUT2D eigenvalue weighted by molar-refractivity contribution is 0.152. The number of rotatable bonds is 3. The Bertz CT molecular complexity index is 451. The number of carbonyl (C=O) groups is 1. The number of nitrogens with one attached hydrogen (secondary N) is 1. The van der Waals surface area contributed by atoms with Gasteiger partial charge in [-0.3, -0.25) is 0 Å². The molecule has 1 N–H and O–H groups in total. The van der Waals surface area contributed by atoms with Gasteiger partial charge in [0.1, 0.15) is 0 Å². The fraction of sp³-hybridized carbons (Fsp3) is 0.562. The van der Waals surface area contributed by atoms with E-state index in [4.69, 9.17) is 0 Å². The number of nitrogens with zero attached hydrogens (tertiary/aromatic N) is 2. The lowest BCUT2D eigenvalue weighted by atomic mass is 10.0. The summed E-state index contributed by atoms with van der Waals surface area (Å²) in [5, 5.41) is 3.60. The summed E-state index contributed by atoms with van der Waals surface area (Å²) in [6.07, 6.45) is 2.07. The highest BCUT2D eigenvalue weighted by atomic mass is 16.2. The topological polar surface area (TPSA) is 35.6 Å². The van der Waals surface area contributed by atoms with Crippen LogP contribution in [0, 0.1) is 6.92 Å². The van der Waals surface area contributed by atoms with Crippen LogP contribution >= 0.6 is 0 Å². The van der Waals surface area contributed by atoms with Crippen LogP contribution in [0.1, 0.15) is 24.0 Å². The van der Waals surface area contributed by atoms with Gasteiger partial charge in [0.05, 0.1) is 0 Å². The van der Waals surface area contributed by atoms with Crippen molar-refractivity contribution in [2.24, 2.45) is 0 Å². The monoisotopic (exact) mass is 275 g/mol. The largest absolute Gasteiger partial charge is 0.331 e. The molecule has 0 spiro atoms. The summed E-state index contributed by atoms with van der Waals surface area (Å²) in [6.45, 7) is 4.73. The maximum absolute atomic E-state index is 11.9. The summed E-state index contributed by atoms with van der Waals surface area (Å²) in [7, 11) is 3.62. The second-order valence-electron chi connectivity index (χ2n) is 5.81. The van der Waals surface area contributed by atoms with Gasteiger partial charge < -0.3 is 15.1 Å². The van der Waals surface area contributed by atoms with Crippen molar-refractivity contribution in [1.82, 2.24) is 15.1 Å². The molecule has 20 heavy (non-hydrogen) atoms. The van der Waals surface area contributed by atoms with Crippen molar-refractivity contribution in [1.29, 1.82) is 0 Å². The summed E-state index contributed by atoms with van der Waals surface area (Å²) in [6, 6.07) is 9.24. The predicted octanol–water partition coefficient (Wildman–Crippen LogP) is 2.23. The van der Waals surface area contributed by atoms with Crippen LogP contribution < -0.4 is 5.32 Å². The Morgan fingerprint density at radius 3 is 2.65 bits per heavy atom. The smallest absolute Gasteiger partial charge is 0.319 e. The lowest BCUT2D eigenvalue weighted by Crippen LogP contribution is -2.47. The molecule has 1 aliphatic rings. The number of hydrogen-bond acceptors (Lipinski definition) is 2. The SMILES string of the molecule is Cc1cccc(CNC2CCN(C(=O)N(C)C)CC2)c1. The Morgan fingerprint density at radius 1 is 1.35 bits per heavy atom. The van der Waals surface area contributed by atoms with Crippen LogP contribution in [0.15, 0.2) is 24.3 Å². The van der Waals surface area contributed by atoms with Gasteiger partial charge in [-0.1, -0.05) is 29.8 Å². The van der Waals surface area contributed by atoms with E-state index in [0.717, 1.165) is 32.5 Å². The third-order valence-corrected chi connectivity index (χ3v) is 3.83. The summed E-state index contributed by atoms with van der Waals surface area (Å²) < 4.78 is 0. The van der Waals surface area contributed by atoms with E-state index in [1.165, 1.54) is 11.1 Å². The zero-order valence-corrected chi connectivity index (χ0v) is 12.7. The molecule has 0 aromatic heterocycles. The van der Waals surface area contributed by atoms with Crippen molar-refractivity contribution in [3.8, 4) is 0 Å². The van der Waals surface area contributed by atoms with E-state index in [9.17, 15) is 4.79 Å². The molecule has 0 saturated carbocycles. The molecule has 1 heterocycles. The van der Waals surface area contributed by atoms with Crippen LogP contribution in [0.5, 0.6) is 0 Å². The quantitative estimate of drug-likeness (QED) is 0.918. The Labute approximate surface area is 121 Å². The maximum atomic E-state index is 11.9. The Balaban J connectivity index is 1.76. The van der Waals surface area contributed by atoms with E-state index in [-0.39, 0.29) is 6.03 Å². The standard InChI is InChI=1S/C16H25N3O/c1-13-5-4-6-14(11-13)12-17-15-7-9-19(10-8-15)16(20)18(2)3/h4-6,11,15,17H,7-10,12H2,1-3H3. The van der Waals surface area contributed by atoms with Crippen LogP contribution in [0.3, 0.4) is 0 Å². The first-order valence-electron chi connectivity index (χ1n) is 7.31. The number of hydrogen-bond donors (Lipinski definition) is 1. The van der Waals surface area contributed by atoms with Crippen LogP contribution in [0.2, 0.25) is 0 Å². The highest BCUT2D eigenvalue weighted by molar-refractivity contribution is 5.73. The normalized spacial score (nSPS) is 16.2. The van der Waals surface area contributed by atoms with Gasteiger partial charge in [0.2, 0.25) is 0 Å². The van der Waals surface area contributed by atoms with Gasteiger partial charge in [-0.2, -0.15) is 0 Å². The Kier molecular flexibility index (Phi) is 5.01. The van der Waals surface area contributed by atoms with Gasteiger partial charge in [0, 0.05) is 39.8 Å². The highest BCUT2D eigenvalue weighted by Gasteiger charge is 2.23. The van der Waals surface area contributed by atoms with Crippen LogP contribution in [0.4, 0.5) is 4.79 Å². The van der Waals surface area contributed by atoms with Crippen molar-refractivity contribution < 1.29 is 4.79 Å². The third-order valence-electron chi connectivity index (χ3n) is 3.83. The first kappa shape index (κ1) is 14.9. The van der Waals surface area contributed by atoms with Gasteiger partial charge in [-0.25, -0.2) is 4.79 Å². The number of piperidine rings is 1. The molecule has 0 radical (unpaired) electrons. The van der Waals surface area contributed by atoms with E-state index < -0.39 is 0 Å². The molecule has 110 valence electrons. The molecular formula is C16H25N3O. The minimum Gasteiger partial charge on any atom is -0.331 e. The van der Waals surface area contributed by atoms with Gasteiger partial charge in [-0.15, -0.1) is 0 Å². The number of urea groups is 1. The number of amides is 2. The third kappa shape index (κ3) is 3.97. The molecule has 1 aromatic rings. The fourth-order valence-electron chi connectivity index (χ4n) is 2.64. The van der Waals surface area contributed by atoms with Crippen LogP contribution in [-0.2, 0) is 6.54 Å². The van der Waals surface area contributed by atoms with E-state index in [1.54, 1.807) is 4.90 Å². The number of likely N-dealkylation sites (tertiary alicyclic amines) is 1. The zero-order chi connectivity index (χ0) is 14.5. The van der Waals surface area contributed by atoms with E-state index in [1.807, 2.05) is 19.0 Å². The predicted molar refractivity (Wildman–Crippen MR) is 81.7 cm³/mol. The van der Waals surface area contributed by atoms with Crippen molar-refractivity contribution in [3.63, 3.8) is 0 Å². The minimum absolute atomic E-state index is 0.127. The number of aryl methyl sites for hydroxylation is 1. The summed E-state index contributed by atoms with van der Waals surface area (Å²) >= 11 is 0. The molecule has 1 saturated heterocycles. The van der Waals surface area contributed by atoms with Gasteiger partial charge in [0.15, 0.2) is 0 Å². The minimum atomic E-state index is 0.127. The number of benzene rings is 1. The second-order valence-corrected chi connectivity index (χ2v) is 5.81. The van der Waals surface area contributed by atoms with Crippen LogP contribution in [-0.4, -0.2) is 49.1 Å². The highest BCUT2D eigenvalue weighted by Crippen LogP contribution is 2.13. The molecule has 4 nitrogen and oxygen atoms in total. The van der Waals surface area contributed by atoms with E-state index in [0.29, 0.717) is 6.04 Å². The molecule has 0 bridgehead atoms. The van der Waals surface area contributed by atoms with E-state index in [2.05, 4.69) is 36.5 Å².